The number of benzene rings is 1. The second-order valence-electron chi connectivity index (χ2n) is 3.50. The van der Waals surface area contributed by atoms with Crippen LogP contribution in [-0.2, 0) is 0 Å². The molecule has 0 unspecified atom stereocenters. The molecule has 0 atom stereocenters. The van der Waals surface area contributed by atoms with Gasteiger partial charge in [-0.05, 0) is 31.5 Å². The van der Waals surface area contributed by atoms with Crippen molar-refractivity contribution < 1.29 is 4.79 Å². The molecule has 0 aliphatic heterocycles. The molecule has 0 saturated carbocycles. The first-order valence-electron chi connectivity index (χ1n) is 4.81. The van der Waals surface area contributed by atoms with Crippen molar-refractivity contribution in [3.05, 3.63) is 53.3 Å². The number of hydrogen-bond acceptors (Lipinski definition) is 2. The summed E-state index contributed by atoms with van der Waals surface area (Å²) in [6.45, 7) is 3.83. The van der Waals surface area contributed by atoms with Gasteiger partial charge >= 0.3 is 0 Å². The van der Waals surface area contributed by atoms with E-state index >= 15 is 0 Å². The van der Waals surface area contributed by atoms with E-state index in [0.29, 0.717) is 5.56 Å². The van der Waals surface area contributed by atoms with E-state index in [1.807, 2.05) is 32.0 Å². The maximum atomic E-state index is 12.0. The largest absolute Gasteiger partial charge is 0.278 e. The summed E-state index contributed by atoms with van der Waals surface area (Å²) in [5.74, 6) is -0.0822. The Bertz CT molecular complexity index is 486. The Balaban J connectivity index is 2.42. The van der Waals surface area contributed by atoms with Gasteiger partial charge in [-0.15, -0.1) is 0 Å². The summed E-state index contributed by atoms with van der Waals surface area (Å²) >= 11 is 0. The molecule has 0 aliphatic rings. The molecule has 76 valence electrons. The molecule has 2 rings (SSSR count). The Labute approximate surface area is 88.4 Å². The zero-order chi connectivity index (χ0) is 10.8. The van der Waals surface area contributed by atoms with E-state index in [4.69, 9.17) is 0 Å². The Morgan fingerprint density at radius 2 is 1.87 bits per heavy atom. The molecule has 0 fully saturated rings. The van der Waals surface area contributed by atoms with Crippen LogP contribution in [0.25, 0.3) is 0 Å². The number of nitrogens with zero attached hydrogens (tertiary/aromatic N) is 2. The minimum Gasteiger partial charge on any atom is -0.267 e. The van der Waals surface area contributed by atoms with Crippen molar-refractivity contribution in [2.45, 2.75) is 13.8 Å². The molecule has 0 amide bonds. The van der Waals surface area contributed by atoms with Crippen LogP contribution in [0.5, 0.6) is 0 Å². The highest BCUT2D eigenvalue weighted by atomic mass is 16.2. The number of aryl methyl sites for hydroxylation is 1. The normalized spacial score (nSPS) is 10.3. The average molecular weight is 200 g/mol. The van der Waals surface area contributed by atoms with Gasteiger partial charge in [0.05, 0.1) is 6.20 Å². The van der Waals surface area contributed by atoms with Gasteiger partial charge in [0.1, 0.15) is 0 Å². The summed E-state index contributed by atoms with van der Waals surface area (Å²) in [6.07, 6.45) is 1.70. The van der Waals surface area contributed by atoms with Crippen molar-refractivity contribution in [3.8, 4) is 0 Å². The smallest absolute Gasteiger partial charge is 0.267 e. The molecule has 1 aromatic heterocycles. The van der Waals surface area contributed by atoms with Crippen LogP contribution in [-0.4, -0.2) is 15.7 Å². The van der Waals surface area contributed by atoms with Gasteiger partial charge in [-0.25, -0.2) is 4.68 Å². The predicted octanol–water partition coefficient (Wildman–Crippen LogP) is 2.19. The fourth-order valence-corrected chi connectivity index (χ4v) is 1.40. The Hall–Kier alpha value is -1.90. The zero-order valence-electron chi connectivity index (χ0n) is 8.77. The molecule has 15 heavy (non-hydrogen) atoms. The highest BCUT2D eigenvalue weighted by Crippen LogP contribution is 2.08. The molecule has 1 aromatic carbocycles. The summed E-state index contributed by atoms with van der Waals surface area (Å²) in [7, 11) is 0. The lowest BCUT2D eigenvalue weighted by Gasteiger charge is -2.02. The van der Waals surface area contributed by atoms with Crippen LogP contribution in [0, 0.1) is 13.8 Å². The first-order chi connectivity index (χ1) is 7.20. The summed E-state index contributed by atoms with van der Waals surface area (Å²) in [4.78, 5) is 12.0. The Morgan fingerprint density at radius 1 is 1.20 bits per heavy atom. The van der Waals surface area contributed by atoms with Gasteiger partial charge in [0, 0.05) is 11.3 Å². The summed E-state index contributed by atoms with van der Waals surface area (Å²) < 4.78 is 1.44. The molecule has 0 saturated heterocycles. The van der Waals surface area contributed by atoms with Gasteiger partial charge in [0.25, 0.3) is 5.91 Å². The monoisotopic (exact) mass is 200 g/mol. The van der Waals surface area contributed by atoms with E-state index in [-0.39, 0.29) is 5.91 Å². The SMILES string of the molecule is Cc1cnn(C(=O)c2ccccc2)c1C. The van der Waals surface area contributed by atoms with Crippen LogP contribution in [0.1, 0.15) is 21.6 Å². The lowest BCUT2D eigenvalue weighted by molar-refractivity contribution is 0.0942. The van der Waals surface area contributed by atoms with Gasteiger partial charge in [-0.2, -0.15) is 5.10 Å². The summed E-state index contributed by atoms with van der Waals surface area (Å²) in [6, 6.07) is 9.16. The van der Waals surface area contributed by atoms with Crippen LogP contribution >= 0.6 is 0 Å². The van der Waals surface area contributed by atoms with Crippen molar-refractivity contribution in [3.63, 3.8) is 0 Å². The highest BCUT2D eigenvalue weighted by molar-refractivity contribution is 5.95. The maximum absolute atomic E-state index is 12.0. The molecule has 0 N–H and O–H groups in total. The topological polar surface area (TPSA) is 34.9 Å². The van der Waals surface area contributed by atoms with Gasteiger partial charge in [-0.3, -0.25) is 4.79 Å². The van der Waals surface area contributed by atoms with Crippen LogP contribution in [0.3, 0.4) is 0 Å². The summed E-state index contributed by atoms with van der Waals surface area (Å²) in [5, 5.41) is 4.06. The van der Waals surface area contributed by atoms with Crippen molar-refractivity contribution in [2.75, 3.05) is 0 Å². The molecule has 3 nitrogen and oxygen atoms in total. The fourth-order valence-electron chi connectivity index (χ4n) is 1.40. The maximum Gasteiger partial charge on any atom is 0.278 e. The second-order valence-corrected chi connectivity index (χ2v) is 3.50. The van der Waals surface area contributed by atoms with Crippen molar-refractivity contribution in [1.82, 2.24) is 9.78 Å². The van der Waals surface area contributed by atoms with E-state index < -0.39 is 0 Å². The standard InChI is InChI=1S/C12H12N2O/c1-9-8-13-14(10(9)2)12(15)11-6-4-3-5-7-11/h3-8H,1-2H3. The minimum atomic E-state index is -0.0822. The number of aromatic nitrogens is 2. The molecule has 0 spiro atoms. The number of hydrogen-bond donors (Lipinski definition) is 0. The average Bonchev–Trinajstić information content (AvgIpc) is 2.60. The predicted molar refractivity (Wildman–Crippen MR) is 57.9 cm³/mol. The van der Waals surface area contributed by atoms with E-state index in [1.165, 1.54) is 4.68 Å². The Kier molecular flexibility index (Phi) is 2.37. The van der Waals surface area contributed by atoms with Crippen molar-refractivity contribution in [1.29, 1.82) is 0 Å². The fraction of sp³-hybridized carbons (Fsp3) is 0.167. The van der Waals surface area contributed by atoms with E-state index in [2.05, 4.69) is 5.10 Å². The van der Waals surface area contributed by atoms with E-state index in [0.717, 1.165) is 11.3 Å². The minimum absolute atomic E-state index is 0.0822. The zero-order valence-corrected chi connectivity index (χ0v) is 8.77. The number of carbonyl (C=O) groups is 1. The van der Waals surface area contributed by atoms with Crippen LogP contribution in [0.15, 0.2) is 36.5 Å². The van der Waals surface area contributed by atoms with Crippen molar-refractivity contribution >= 4 is 5.91 Å². The lowest BCUT2D eigenvalue weighted by Crippen LogP contribution is -2.14. The van der Waals surface area contributed by atoms with Crippen LogP contribution < -0.4 is 0 Å². The Morgan fingerprint density at radius 3 is 2.40 bits per heavy atom. The number of carbonyl (C=O) groups excluding carboxylic acids is 1. The quantitative estimate of drug-likeness (QED) is 0.707. The third-order valence-electron chi connectivity index (χ3n) is 2.47. The number of rotatable bonds is 1. The van der Waals surface area contributed by atoms with Gasteiger partial charge in [0.2, 0.25) is 0 Å². The van der Waals surface area contributed by atoms with E-state index in [9.17, 15) is 4.79 Å². The molecule has 2 aromatic rings. The third kappa shape index (κ3) is 1.68. The molecule has 3 heteroatoms. The molecule has 0 bridgehead atoms. The molecule has 1 heterocycles. The third-order valence-corrected chi connectivity index (χ3v) is 2.47. The highest BCUT2D eigenvalue weighted by Gasteiger charge is 2.11. The first kappa shape index (κ1) is 9.65. The summed E-state index contributed by atoms with van der Waals surface area (Å²) in [5.41, 5.74) is 2.58. The molecule has 0 aliphatic carbocycles. The first-order valence-corrected chi connectivity index (χ1v) is 4.81. The molecule has 0 radical (unpaired) electrons. The van der Waals surface area contributed by atoms with Crippen molar-refractivity contribution in [2.24, 2.45) is 0 Å². The van der Waals surface area contributed by atoms with Gasteiger partial charge in [-0.1, -0.05) is 18.2 Å². The molecular formula is C12H12N2O. The second kappa shape index (κ2) is 3.69. The van der Waals surface area contributed by atoms with E-state index in [1.54, 1.807) is 18.3 Å². The van der Waals surface area contributed by atoms with Crippen LogP contribution in [0.4, 0.5) is 0 Å². The lowest BCUT2D eigenvalue weighted by atomic mass is 10.2. The van der Waals surface area contributed by atoms with Crippen LogP contribution in [0.2, 0.25) is 0 Å². The van der Waals surface area contributed by atoms with Gasteiger partial charge < -0.3 is 0 Å². The van der Waals surface area contributed by atoms with Gasteiger partial charge in [0.15, 0.2) is 0 Å². The molecular weight excluding hydrogens is 188 g/mol.